The number of carbonyl (C=O) groups excluding carboxylic acids is 1. The summed E-state index contributed by atoms with van der Waals surface area (Å²) in [6.45, 7) is 8.17. The first-order valence-corrected chi connectivity index (χ1v) is 9.99. The summed E-state index contributed by atoms with van der Waals surface area (Å²) in [5.74, 6) is 0.00164. The first-order chi connectivity index (χ1) is 12.6. The average Bonchev–Trinajstić information content (AvgIpc) is 2.66. The number of halogens is 1. The second kappa shape index (κ2) is 9.19. The van der Waals surface area contributed by atoms with Crippen LogP contribution in [0.15, 0.2) is 53.0 Å². The van der Waals surface area contributed by atoms with Gasteiger partial charge in [-0.15, -0.1) is 0 Å². The monoisotopic (exact) mass is 415 g/mol. The zero-order valence-corrected chi connectivity index (χ0v) is 16.8. The molecule has 4 nitrogen and oxygen atoms in total. The molecular formula is C21H26BrN3O. The van der Waals surface area contributed by atoms with Crippen LogP contribution < -0.4 is 10.2 Å². The van der Waals surface area contributed by atoms with Crippen molar-refractivity contribution in [3.8, 4) is 0 Å². The van der Waals surface area contributed by atoms with E-state index in [1.807, 2.05) is 24.3 Å². The van der Waals surface area contributed by atoms with Gasteiger partial charge in [-0.1, -0.05) is 28.1 Å². The van der Waals surface area contributed by atoms with Crippen molar-refractivity contribution in [2.75, 3.05) is 44.2 Å². The van der Waals surface area contributed by atoms with Crippen molar-refractivity contribution >= 4 is 27.5 Å². The van der Waals surface area contributed by atoms with Gasteiger partial charge in [0.2, 0.25) is 0 Å². The molecule has 0 unspecified atom stereocenters. The number of rotatable bonds is 6. The van der Waals surface area contributed by atoms with E-state index < -0.39 is 0 Å². The van der Waals surface area contributed by atoms with Crippen LogP contribution in [0.1, 0.15) is 22.3 Å². The second-order valence-electron chi connectivity index (χ2n) is 6.78. The SMILES string of the molecule is Cc1cccc(N2CCN(CCCNC(=O)c3ccc(Br)cc3)CC2)c1. The van der Waals surface area contributed by atoms with Crippen LogP contribution in [0.2, 0.25) is 0 Å². The third-order valence-corrected chi connectivity index (χ3v) is 5.31. The zero-order valence-electron chi connectivity index (χ0n) is 15.2. The molecule has 0 bridgehead atoms. The van der Waals surface area contributed by atoms with Crippen molar-refractivity contribution in [3.05, 3.63) is 64.1 Å². The fraction of sp³-hybridized carbons (Fsp3) is 0.381. The number of piperazine rings is 1. The van der Waals surface area contributed by atoms with E-state index >= 15 is 0 Å². The predicted molar refractivity (Wildman–Crippen MR) is 111 cm³/mol. The number of amides is 1. The maximum absolute atomic E-state index is 12.1. The van der Waals surface area contributed by atoms with E-state index in [2.05, 4.69) is 62.2 Å². The fourth-order valence-corrected chi connectivity index (χ4v) is 3.53. The Morgan fingerprint density at radius 2 is 1.81 bits per heavy atom. The Balaban J connectivity index is 1.35. The number of nitrogens with one attached hydrogen (secondary N) is 1. The van der Waals surface area contributed by atoms with Gasteiger partial charge >= 0.3 is 0 Å². The smallest absolute Gasteiger partial charge is 0.251 e. The van der Waals surface area contributed by atoms with E-state index in [4.69, 9.17) is 0 Å². The average molecular weight is 416 g/mol. The lowest BCUT2D eigenvalue weighted by Gasteiger charge is -2.36. The number of anilines is 1. The van der Waals surface area contributed by atoms with Gasteiger partial charge in [0.1, 0.15) is 0 Å². The van der Waals surface area contributed by atoms with Crippen LogP contribution in [0.25, 0.3) is 0 Å². The van der Waals surface area contributed by atoms with Crippen LogP contribution >= 0.6 is 15.9 Å². The van der Waals surface area contributed by atoms with Crippen LogP contribution in [0, 0.1) is 6.92 Å². The molecule has 2 aromatic rings. The van der Waals surface area contributed by atoms with E-state index in [0.29, 0.717) is 12.1 Å². The standard InChI is InChI=1S/C21H26BrN3O/c1-17-4-2-5-20(16-17)25-14-12-24(13-15-25)11-3-10-23-21(26)18-6-8-19(22)9-7-18/h2,4-9,16H,3,10-15H2,1H3,(H,23,26). The van der Waals surface area contributed by atoms with Crippen molar-refractivity contribution < 1.29 is 4.79 Å². The van der Waals surface area contributed by atoms with Gasteiger partial charge in [-0.2, -0.15) is 0 Å². The minimum atomic E-state index is 0.00164. The number of aryl methyl sites for hydroxylation is 1. The van der Waals surface area contributed by atoms with Crippen LogP contribution in [-0.2, 0) is 0 Å². The molecule has 1 aliphatic heterocycles. The molecule has 0 saturated carbocycles. The number of hydrogen-bond donors (Lipinski definition) is 1. The Morgan fingerprint density at radius 3 is 2.50 bits per heavy atom. The molecule has 0 spiro atoms. The molecule has 5 heteroatoms. The third-order valence-electron chi connectivity index (χ3n) is 4.78. The lowest BCUT2D eigenvalue weighted by molar-refractivity contribution is 0.0951. The van der Waals surface area contributed by atoms with Crippen molar-refractivity contribution in [3.63, 3.8) is 0 Å². The summed E-state index contributed by atoms with van der Waals surface area (Å²) >= 11 is 3.38. The minimum absolute atomic E-state index is 0.00164. The predicted octanol–water partition coefficient (Wildman–Crippen LogP) is 3.70. The number of hydrogen-bond acceptors (Lipinski definition) is 3. The Labute approximate surface area is 164 Å². The Bertz CT molecular complexity index is 724. The zero-order chi connectivity index (χ0) is 18.4. The van der Waals surface area contributed by atoms with Gasteiger partial charge in [0.05, 0.1) is 0 Å². The van der Waals surface area contributed by atoms with Crippen molar-refractivity contribution in [1.82, 2.24) is 10.2 Å². The first-order valence-electron chi connectivity index (χ1n) is 9.19. The first kappa shape index (κ1) is 18.9. The lowest BCUT2D eigenvalue weighted by atomic mass is 10.2. The van der Waals surface area contributed by atoms with E-state index in [1.165, 1.54) is 11.3 Å². The topological polar surface area (TPSA) is 35.6 Å². The summed E-state index contributed by atoms with van der Waals surface area (Å²) in [5.41, 5.74) is 3.35. The van der Waals surface area contributed by atoms with E-state index in [1.54, 1.807) is 0 Å². The van der Waals surface area contributed by atoms with Crippen LogP contribution in [0.4, 0.5) is 5.69 Å². The largest absolute Gasteiger partial charge is 0.369 e. The summed E-state index contributed by atoms with van der Waals surface area (Å²) < 4.78 is 0.985. The molecule has 2 aromatic carbocycles. The summed E-state index contributed by atoms with van der Waals surface area (Å²) in [4.78, 5) is 17.0. The maximum Gasteiger partial charge on any atom is 0.251 e. The molecule has 0 radical (unpaired) electrons. The van der Waals surface area contributed by atoms with Gasteiger partial charge < -0.3 is 10.2 Å². The highest BCUT2D eigenvalue weighted by molar-refractivity contribution is 9.10. The second-order valence-corrected chi connectivity index (χ2v) is 7.70. The van der Waals surface area contributed by atoms with Gasteiger partial charge in [0.15, 0.2) is 0 Å². The van der Waals surface area contributed by atoms with Gasteiger partial charge in [0, 0.05) is 48.4 Å². The van der Waals surface area contributed by atoms with Crippen molar-refractivity contribution in [2.24, 2.45) is 0 Å². The molecule has 0 aromatic heterocycles. The molecule has 138 valence electrons. The molecule has 0 aliphatic carbocycles. The van der Waals surface area contributed by atoms with Gasteiger partial charge in [0.25, 0.3) is 5.91 Å². The maximum atomic E-state index is 12.1. The Kier molecular flexibility index (Phi) is 6.69. The summed E-state index contributed by atoms with van der Waals surface area (Å²) in [7, 11) is 0. The van der Waals surface area contributed by atoms with Crippen molar-refractivity contribution in [1.29, 1.82) is 0 Å². The van der Waals surface area contributed by atoms with Crippen LogP contribution in [-0.4, -0.2) is 50.1 Å². The van der Waals surface area contributed by atoms with Crippen LogP contribution in [0.3, 0.4) is 0 Å². The minimum Gasteiger partial charge on any atom is -0.369 e. The van der Waals surface area contributed by atoms with E-state index in [0.717, 1.165) is 43.6 Å². The third kappa shape index (κ3) is 5.32. The van der Waals surface area contributed by atoms with Crippen molar-refractivity contribution in [2.45, 2.75) is 13.3 Å². The highest BCUT2D eigenvalue weighted by Gasteiger charge is 2.16. The Hall–Kier alpha value is -1.85. The van der Waals surface area contributed by atoms with Gasteiger partial charge in [-0.25, -0.2) is 0 Å². The fourth-order valence-electron chi connectivity index (χ4n) is 3.26. The number of benzene rings is 2. The number of nitrogens with zero attached hydrogens (tertiary/aromatic N) is 2. The molecule has 1 aliphatic rings. The Morgan fingerprint density at radius 1 is 1.08 bits per heavy atom. The van der Waals surface area contributed by atoms with Gasteiger partial charge in [-0.05, 0) is 61.9 Å². The highest BCUT2D eigenvalue weighted by atomic mass is 79.9. The highest BCUT2D eigenvalue weighted by Crippen LogP contribution is 2.17. The number of carbonyl (C=O) groups is 1. The molecule has 3 rings (SSSR count). The summed E-state index contributed by atoms with van der Waals surface area (Å²) in [5, 5.41) is 3.01. The van der Waals surface area contributed by atoms with E-state index in [9.17, 15) is 4.79 Å². The molecule has 0 atom stereocenters. The lowest BCUT2D eigenvalue weighted by Crippen LogP contribution is -2.47. The molecule has 26 heavy (non-hydrogen) atoms. The molecular weight excluding hydrogens is 390 g/mol. The molecule has 1 saturated heterocycles. The van der Waals surface area contributed by atoms with Crippen LogP contribution in [0.5, 0.6) is 0 Å². The summed E-state index contributed by atoms with van der Waals surface area (Å²) in [6, 6.07) is 16.2. The van der Waals surface area contributed by atoms with Gasteiger partial charge in [-0.3, -0.25) is 9.69 Å². The molecule has 1 heterocycles. The quantitative estimate of drug-likeness (QED) is 0.730. The molecule has 1 fully saturated rings. The normalized spacial score (nSPS) is 15.1. The molecule has 1 amide bonds. The van der Waals surface area contributed by atoms with E-state index in [-0.39, 0.29) is 5.91 Å². The molecule has 1 N–H and O–H groups in total. The summed E-state index contributed by atoms with van der Waals surface area (Å²) in [6.07, 6.45) is 0.979.